The molecule has 10 aromatic rings. The summed E-state index contributed by atoms with van der Waals surface area (Å²) in [5, 5.41) is 11.6. The number of aryl methyl sites for hydroxylation is 1. The third-order valence-electron chi connectivity index (χ3n) is 13.1. The van der Waals surface area contributed by atoms with Gasteiger partial charge >= 0.3 is 6.18 Å². The van der Waals surface area contributed by atoms with E-state index in [1.807, 2.05) is 37.3 Å². The van der Waals surface area contributed by atoms with Gasteiger partial charge in [-0.15, -0.1) is 0 Å². The zero-order valence-electron chi connectivity index (χ0n) is 35.1. The molecule has 3 heterocycles. The minimum absolute atomic E-state index is 0.0143. The van der Waals surface area contributed by atoms with Crippen LogP contribution in [0.3, 0.4) is 0 Å². The maximum atomic E-state index is 14.4. The lowest BCUT2D eigenvalue weighted by atomic mass is 9.33. The first-order valence-electron chi connectivity index (χ1n) is 21.6. The number of nitrogens with zero attached hydrogens (tertiary/aromatic N) is 4. The summed E-state index contributed by atoms with van der Waals surface area (Å²) < 4.78 is 45.3. The fourth-order valence-corrected chi connectivity index (χ4v) is 10.3. The minimum Gasteiger partial charge on any atom is -0.311 e. The average Bonchev–Trinajstić information content (AvgIpc) is 3.67. The molecule has 0 atom stereocenters. The Hall–Kier alpha value is -8.28. The number of hydrogen-bond donors (Lipinski definition) is 0. The zero-order chi connectivity index (χ0) is 44.0. The maximum absolute atomic E-state index is 14.4. The SMILES string of the molecule is Cc1cc(C#N)ccc1-c1cc(C(F)(F)F)ccc1-n1c2ccccc2c2cc(-c3cc4c5c(c3)N(c3ccccc3)c3ccccc3B5c3ccccc3N4c3ccccc3)ccc21. The Morgan fingerprint density at radius 3 is 1.68 bits per heavy atom. The topological polar surface area (TPSA) is 35.2 Å². The fourth-order valence-electron chi connectivity index (χ4n) is 10.3. The summed E-state index contributed by atoms with van der Waals surface area (Å²) in [6.45, 7) is 1.82. The summed E-state index contributed by atoms with van der Waals surface area (Å²) in [7, 11) is 0. The molecule has 9 aromatic carbocycles. The second-order valence-electron chi connectivity index (χ2n) is 16.8. The van der Waals surface area contributed by atoms with Crippen molar-refractivity contribution in [3.63, 3.8) is 0 Å². The maximum Gasteiger partial charge on any atom is 0.416 e. The number of para-hydroxylation sites is 5. The van der Waals surface area contributed by atoms with Crippen molar-refractivity contribution in [1.29, 1.82) is 5.26 Å². The molecule has 2 aliphatic rings. The first-order valence-corrected chi connectivity index (χ1v) is 21.6. The number of hydrogen-bond acceptors (Lipinski definition) is 3. The van der Waals surface area contributed by atoms with Crippen LogP contribution in [0.1, 0.15) is 16.7 Å². The molecule has 4 nitrogen and oxygen atoms in total. The Morgan fingerprint density at radius 2 is 1.06 bits per heavy atom. The van der Waals surface area contributed by atoms with Crippen LogP contribution in [0.25, 0.3) is 49.7 Å². The van der Waals surface area contributed by atoms with Crippen molar-refractivity contribution in [3.05, 3.63) is 217 Å². The van der Waals surface area contributed by atoms with Gasteiger partial charge in [-0.05, 0) is 143 Å². The molecule has 0 spiro atoms. The van der Waals surface area contributed by atoms with E-state index in [-0.39, 0.29) is 6.71 Å². The van der Waals surface area contributed by atoms with E-state index in [2.05, 4.69) is 154 Å². The van der Waals surface area contributed by atoms with E-state index in [1.165, 1.54) is 22.5 Å². The second kappa shape index (κ2) is 14.7. The third-order valence-corrected chi connectivity index (χ3v) is 13.1. The van der Waals surface area contributed by atoms with E-state index in [0.717, 1.165) is 73.1 Å². The monoisotopic (exact) mass is 844 g/mol. The number of fused-ring (bicyclic) bond motifs is 7. The molecule has 0 unspecified atom stereocenters. The molecule has 12 rings (SSSR count). The molecule has 2 aliphatic heterocycles. The minimum atomic E-state index is -4.55. The Morgan fingerprint density at radius 1 is 0.477 bits per heavy atom. The fraction of sp³-hybridized carbons (Fsp3) is 0.0351. The summed E-state index contributed by atoms with van der Waals surface area (Å²) in [5.41, 5.74) is 16.1. The van der Waals surface area contributed by atoms with Crippen LogP contribution in [0, 0.1) is 18.3 Å². The van der Waals surface area contributed by atoms with Crippen LogP contribution in [0.2, 0.25) is 0 Å². The Labute approximate surface area is 374 Å². The van der Waals surface area contributed by atoms with Gasteiger partial charge in [-0.3, -0.25) is 0 Å². The Bertz CT molecular complexity index is 3480. The van der Waals surface area contributed by atoms with Crippen molar-refractivity contribution in [2.75, 3.05) is 9.80 Å². The van der Waals surface area contributed by atoms with Gasteiger partial charge in [-0.25, -0.2) is 0 Å². The first-order chi connectivity index (χ1) is 31.8. The van der Waals surface area contributed by atoms with Crippen LogP contribution >= 0.6 is 0 Å². The van der Waals surface area contributed by atoms with Gasteiger partial charge < -0.3 is 14.4 Å². The third kappa shape index (κ3) is 6.00. The number of benzene rings is 9. The number of anilines is 6. The van der Waals surface area contributed by atoms with Crippen LogP contribution in [0.5, 0.6) is 0 Å². The van der Waals surface area contributed by atoms with E-state index in [9.17, 15) is 18.4 Å². The predicted octanol–water partition coefficient (Wildman–Crippen LogP) is 13.4. The van der Waals surface area contributed by atoms with Crippen molar-refractivity contribution in [1.82, 2.24) is 4.57 Å². The molecule has 8 heteroatoms. The molecule has 0 bridgehead atoms. The number of nitriles is 1. The second-order valence-corrected chi connectivity index (χ2v) is 16.8. The average molecular weight is 845 g/mol. The van der Waals surface area contributed by atoms with E-state index in [4.69, 9.17) is 0 Å². The summed E-state index contributed by atoms with van der Waals surface area (Å²) in [6, 6.07) is 69.0. The number of halogens is 3. The van der Waals surface area contributed by atoms with E-state index in [1.54, 1.807) is 24.3 Å². The molecule has 0 saturated carbocycles. The molecule has 0 radical (unpaired) electrons. The summed E-state index contributed by atoms with van der Waals surface area (Å²) in [4.78, 5) is 4.79. The molecule has 0 amide bonds. The van der Waals surface area contributed by atoms with Crippen molar-refractivity contribution in [3.8, 4) is 34.0 Å². The Balaban J connectivity index is 1.12. The van der Waals surface area contributed by atoms with Crippen molar-refractivity contribution in [2.24, 2.45) is 0 Å². The van der Waals surface area contributed by atoms with Gasteiger partial charge in [-0.2, -0.15) is 18.4 Å². The normalized spacial score (nSPS) is 12.8. The van der Waals surface area contributed by atoms with E-state index >= 15 is 0 Å². The van der Waals surface area contributed by atoms with Crippen molar-refractivity contribution >= 4 is 79.0 Å². The lowest BCUT2D eigenvalue weighted by Crippen LogP contribution is -2.61. The largest absolute Gasteiger partial charge is 0.416 e. The number of aromatic nitrogens is 1. The number of alkyl halides is 3. The molecule has 308 valence electrons. The first kappa shape index (κ1) is 38.4. The molecule has 65 heavy (non-hydrogen) atoms. The lowest BCUT2D eigenvalue weighted by Gasteiger charge is -2.44. The van der Waals surface area contributed by atoms with Crippen LogP contribution < -0.4 is 26.2 Å². The predicted molar refractivity (Wildman–Crippen MR) is 260 cm³/mol. The molecule has 1 aromatic heterocycles. The number of rotatable bonds is 5. The molecule has 0 fully saturated rings. The van der Waals surface area contributed by atoms with E-state index < -0.39 is 11.7 Å². The summed E-state index contributed by atoms with van der Waals surface area (Å²) in [6.07, 6.45) is -4.55. The lowest BCUT2D eigenvalue weighted by molar-refractivity contribution is -0.137. The highest BCUT2D eigenvalue weighted by Gasteiger charge is 2.43. The van der Waals surface area contributed by atoms with Gasteiger partial charge in [0.25, 0.3) is 6.71 Å². The van der Waals surface area contributed by atoms with Crippen LogP contribution in [0.15, 0.2) is 200 Å². The van der Waals surface area contributed by atoms with Crippen LogP contribution in [0.4, 0.5) is 47.3 Å². The van der Waals surface area contributed by atoms with Crippen LogP contribution in [-0.4, -0.2) is 11.3 Å². The smallest absolute Gasteiger partial charge is 0.311 e. The standard InChI is InChI=1S/C57H36BF3N4/c1-36-30-37(35-62)24-27-43(36)46-34-40(57(59,60)61)26-29-51(46)65-49-21-11-8-18-44(49)45-31-38(25-28-50(45)65)39-32-54-56-55(33-39)64(42-16-6-3-7-17-42)53-23-13-10-20-48(53)58(56)47-19-9-12-22-52(47)63(54)41-14-4-2-5-15-41/h2-34H,1H3. The molecular weight excluding hydrogens is 808 g/mol. The van der Waals surface area contributed by atoms with Gasteiger partial charge in [0.15, 0.2) is 0 Å². The quantitative estimate of drug-likeness (QED) is 0.162. The Kier molecular flexibility index (Phi) is 8.66. The molecular formula is C57H36BF3N4. The summed E-state index contributed by atoms with van der Waals surface area (Å²) >= 11 is 0. The van der Waals surface area contributed by atoms with Gasteiger partial charge in [0.05, 0.1) is 33.9 Å². The molecule has 0 saturated heterocycles. The summed E-state index contributed by atoms with van der Waals surface area (Å²) in [5.74, 6) is 0. The van der Waals surface area contributed by atoms with E-state index in [0.29, 0.717) is 27.9 Å². The highest BCUT2D eigenvalue weighted by atomic mass is 19.4. The zero-order valence-corrected chi connectivity index (χ0v) is 35.1. The van der Waals surface area contributed by atoms with Crippen molar-refractivity contribution in [2.45, 2.75) is 13.1 Å². The highest BCUT2D eigenvalue weighted by molar-refractivity contribution is 7.00. The van der Waals surface area contributed by atoms with Gasteiger partial charge in [-0.1, -0.05) is 103 Å². The molecule has 0 aliphatic carbocycles. The van der Waals surface area contributed by atoms with Gasteiger partial charge in [0, 0.05) is 50.5 Å². The molecule has 0 N–H and O–H groups in total. The van der Waals surface area contributed by atoms with Gasteiger partial charge in [0.1, 0.15) is 0 Å². The van der Waals surface area contributed by atoms with Crippen LogP contribution in [-0.2, 0) is 6.18 Å². The van der Waals surface area contributed by atoms with Crippen molar-refractivity contribution < 1.29 is 13.2 Å². The van der Waals surface area contributed by atoms with Gasteiger partial charge in [0.2, 0.25) is 0 Å². The highest BCUT2D eigenvalue weighted by Crippen LogP contribution is 2.47.